The van der Waals surface area contributed by atoms with Crippen molar-refractivity contribution in [3.05, 3.63) is 54.1 Å². The van der Waals surface area contributed by atoms with Crippen LogP contribution in [0, 0.1) is 0 Å². The van der Waals surface area contributed by atoms with Gasteiger partial charge in [-0.3, -0.25) is 9.52 Å². The molecule has 7 nitrogen and oxygen atoms in total. The van der Waals surface area contributed by atoms with E-state index in [9.17, 15) is 13.2 Å². The van der Waals surface area contributed by atoms with Crippen molar-refractivity contribution >= 4 is 27.8 Å². The van der Waals surface area contributed by atoms with Crippen LogP contribution in [0.5, 0.6) is 5.75 Å². The van der Waals surface area contributed by atoms with E-state index in [1.807, 2.05) is 24.3 Å². The Morgan fingerprint density at radius 1 is 1.07 bits per heavy atom. The first-order valence-corrected chi connectivity index (χ1v) is 10.3. The molecule has 1 fully saturated rings. The zero-order valence-electron chi connectivity index (χ0n) is 15.2. The maximum Gasteiger partial charge on any atom is 0.237 e. The molecule has 0 spiro atoms. The minimum Gasteiger partial charge on any atom is -0.495 e. The molecule has 1 aliphatic rings. The Kier molecular flexibility index (Phi) is 5.85. The lowest BCUT2D eigenvalue weighted by atomic mass is 10.2. The number of amides is 1. The molecule has 1 saturated heterocycles. The van der Waals surface area contributed by atoms with Gasteiger partial charge in [-0.2, -0.15) is 0 Å². The molecule has 2 aromatic carbocycles. The van der Waals surface area contributed by atoms with Crippen LogP contribution in [0.15, 0.2) is 48.5 Å². The number of piperazine rings is 1. The third-order valence-electron chi connectivity index (χ3n) is 4.48. The zero-order valence-corrected chi connectivity index (χ0v) is 16.0. The molecule has 3 rings (SSSR count). The monoisotopic (exact) mass is 389 g/mol. The van der Waals surface area contributed by atoms with E-state index < -0.39 is 10.0 Å². The van der Waals surface area contributed by atoms with Crippen molar-refractivity contribution in [1.82, 2.24) is 4.90 Å². The maximum absolute atomic E-state index is 12.6. The highest BCUT2D eigenvalue weighted by Gasteiger charge is 2.19. The highest BCUT2D eigenvalue weighted by molar-refractivity contribution is 7.91. The SMILES string of the molecule is COc1ccc(N2CCN(C=O)CC2)cc1NS(=O)(=O)Cc1ccccc1. The summed E-state index contributed by atoms with van der Waals surface area (Å²) >= 11 is 0. The second-order valence-electron chi connectivity index (χ2n) is 6.36. The fourth-order valence-electron chi connectivity index (χ4n) is 3.06. The van der Waals surface area contributed by atoms with Gasteiger partial charge in [0.15, 0.2) is 0 Å². The first-order valence-electron chi connectivity index (χ1n) is 8.67. The van der Waals surface area contributed by atoms with E-state index in [4.69, 9.17) is 4.74 Å². The van der Waals surface area contributed by atoms with Gasteiger partial charge in [-0.15, -0.1) is 0 Å². The van der Waals surface area contributed by atoms with Crippen LogP contribution in [0.4, 0.5) is 11.4 Å². The molecule has 0 atom stereocenters. The first-order chi connectivity index (χ1) is 13.0. The first kappa shape index (κ1) is 19.0. The van der Waals surface area contributed by atoms with Crippen LogP contribution < -0.4 is 14.4 Å². The third-order valence-corrected chi connectivity index (χ3v) is 5.72. The number of ether oxygens (including phenoxy) is 1. The Labute approximate surface area is 159 Å². The summed E-state index contributed by atoms with van der Waals surface area (Å²) in [7, 11) is -2.08. The Bertz CT molecular complexity index is 879. The number of hydrogen-bond acceptors (Lipinski definition) is 5. The van der Waals surface area contributed by atoms with E-state index in [-0.39, 0.29) is 5.75 Å². The lowest BCUT2D eigenvalue weighted by Gasteiger charge is -2.34. The van der Waals surface area contributed by atoms with Gasteiger partial charge >= 0.3 is 0 Å². The molecule has 1 heterocycles. The predicted octanol–water partition coefficient (Wildman–Crippen LogP) is 1.92. The average Bonchev–Trinajstić information content (AvgIpc) is 2.68. The predicted molar refractivity (Wildman–Crippen MR) is 106 cm³/mol. The number of sulfonamides is 1. The van der Waals surface area contributed by atoms with E-state index in [1.165, 1.54) is 7.11 Å². The summed E-state index contributed by atoms with van der Waals surface area (Å²) in [5.74, 6) is 0.348. The Balaban J connectivity index is 1.78. The van der Waals surface area contributed by atoms with Crippen LogP contribution in [0.3, 0.4) is 0 Å². The normalized spacial score (nSPS) is 14.7. The third kappa shape index (κ3) is 4.91. The fourth-order valence-corrected chi connectivity index (χ4v) is 4.25. The van der Waals surface area contributed by atoms with Gasteiger partial charge in [-0.05, 0) is 23.8 Å². The highest BCUT2D eigenvalue weighted by atomic mass is 32.2. The number of methoxy groups -OCH3 is 1. The largest absolute Gasteiger partial charge is 0.495 e. The smallest absolute Gasteiger partial charge is 0.237 e. The molecule has 0 bridgehead atoms. The van der Waals surface area contributed by atoms with E-state index in [1.54, 1.807) is 29.2 Å². The Morgan fingerprint density at radius 2 is 1.78 bits per heavy atom. The average molecular weight is 389 g/mol. The second-order valence-corrected chi connectivity index (χ2v) is 8.08. The van der Waals surface area contributed by atoms with Gasteiger partial charge in [0, 0.05) is 31.9 Å². The van der Waals surface area contributed by atoms with E-state index in [0.717, 1.165) is 12.1 Å². The van der Waals surface area contributed by atoms with Gasteiger partial charge < -0.3 is 14.5 Å². The molecule has 0 aliphatic carbocycles. The molecule has 0 radical (unpaired) electrons. The zero-order chi connectivity index (χ0) is 19.3. The van der Waals surface area contributed by atoms with Crippen molar-refractivity contribution in [2.75, 3.05) is 42.9 Å². The Hall–Kier alpha value is -2.74. The minimum atomic E-state index is -3.58. The fraction of sp³-hybridized carbons (Fsp3) is 0.316. The van der Waals surface area contributed by atoms with Crippen molar-refractivity contribution in [3.8, 4) is 5.75 Å². The van der Waals surface area contributed by atoms with Gasteiger partial charge in [0.2, 0.25) is 16.4 Å². The molecule has 144 valence electrons. The van der Waals surface area contributed by atoms with Crippen molar-refractivity contribution in [2.45, 2.75) is 5.75 Å². The summed E-state index contributed by atoms with van der Waals surface area (Å²) in [6.07, 6.45) is 0.856. The second kappa shape index (κ2) is 8.30. The van der Waals surface area contributed by atoms with Crippen molar-refractivity contribution in [2.24, 2.45) is 0 Å². The molecule has 1 amide bonds. The number of carbonyl (C=O) groups is 1. The molecule has 8 heteroatoms. The molecule has 2 aromatic rings. The summed E-state index contributed by atoms with van der Waals surface area (Å²) in [6, 6.07) is 14.4. The van der Waals surface area contributed by atoms with Crippen LogP contribution in [0.2, 0.25) is 0 Å². The number of hydrogen-bond donors (Lipinski definition) is 1. The van der Waals surface area contributed by atoms with Crippen molar-refractivity contribution in [1.29, 1.82) is 0 Å². The summed E-state index contributed by atoms with van der Waals surface area (Å²) in [6.45, 7) is 2.68. The number of carbonyl (C=O) groups excluding carboxylic acids is 1. The van der Waals surface area contributed by atoms with Crippen LogP contribution in [0.1, 0.15) is 5.56 Å². The van der Waals surface area contributed by atoms with E-state index in [0.29, 0.717) is 43.2 Å². The minimum absolute atomic E-state index is 0.112. The molecular weight excluding hydrogens is 366 g/mol. The number of rotatable bonds is 7. The highest BCUT2D eigenvalue weighted by Crippen LogP contribution is 2.31. The van der Waals surface area contributed by atoms with E-state index >= 15 is 0 Å². The maximum atomic E-state index is 12.6. The van der Waals surface area contributed by atoms with Gasteiger partial charge in [0.25, 0.3) is 0 Å². The van der Waals surface area contributed by atoms with Gasteiger partial charge in [-0.1, -0.05) is 30.3 Å². The van der Waals surface area contributed by atoms with Gasteiger partial charge in [-0.25, -0.2) is 8.42 Å². The molecule has 27 heavy (non-hydrogen) atoms. The molecule has 1 aliphatic heterocycles. The molecule has 0 saturated carbocycles. The van der Waals surface area contributed by atoms with Crippen LogP contribution >= 0.6 is 0 Å². The summed E-state index contributed by atoms with van der Waals surface area (Å²) < 4.78 is 33.1. The van der Waals surface area contributed by atoms with Crippen molar-refractivity contribution in [3.63, 3.8) is 0 Å². The lowest BCUT2D eigenvalue weighted by molar-refractivity contribution is -0.118. The molecule has 0 unspecified atom stereocenters. The summed E-state index contributed by atoms with van der Waals surface area (Å²) in [5, 5.41) is 0. The number of benzene rings is 2. The number of nitrogens with one attached hydrogen (secondary N) is 1. The lowest BCUT2D eigenvalue weighted by Crippen LogP contribution is -2.45. The summed E-state index contributed by atoms with van der Waals surface area (Å²) in [5.41, 5.74) is 2.01. The quantitative estimate of drug-likeness (QED) is 0.732. The van der Waals surface area contributed by atoms with Gasteiger partial charge in [0.05, 0.1) is 18.6 Å². The molecular formula is C19H23N3O4S. The van der Waals surface area contributed by atoms with E-state index in [2.05, 4.69) is 9.62 Å². The van der Waals surface area contributed by atoms with Crippen LogP contribution in [0.25, 0.3) is 0 Å². The summed E-state index contributed by atoms with van der Waals surface area (Å²) in [4.78, 5) is 14.7. The molecule has 1 N–H and O–H groups in total. The standard InChI is InChI=1S/C19H23N3O4S/c1-26-19-8-7-17(22-11-9-21(15-23)10-12-22)13-18(19)20-27(24,25)14-16-5-3-2-4-6-16/h2-8,13,15,20H,9-12,14H2,1H3. The van der Waals surface area contributed by atoms with Crippen LogP contribution in [-0.4, -0.2) is 53.0 Å². The topological polar surface area (TPSA) is 79.0 Å². The molecule has 0 aromatic heterocycles. The van der Waals surface area contributed by atoms with Gasteiger partial charge in [0.1, 0.15) is 5.75 Å². The number of anilines is 2. The Morgan fingerprint density at radius 3 is 2.41 bits per heavy atom. The van der Waals surface area contributed by atoms with Crippen molar-refractivity contribution < 1.29 is 17.9 Å². The van der Waals surface area contributed by atoms with Crippen LogP contribution in [-0.2, 0) is 20.6 Å². The number of nitrogens with zero attached hydrogens (tertiary/aromatic N) is 2.